The van der Waals surface area contributed by atoms with Crippen molar-refractivity contribution in [1.82, 2.24) is 14.9 Å². The van der Waals surface area contributed by atoms with Gasteiger partial charge in [0.1, 0.15) is 0 Å². The van der Waals surface area contributed by atoms with Crippen LogP contribution in [0.25, 0.3) is 6.08 Å². The molecule has 0 saturated carbocycles. The van der Waals surface area contributed by atoms with Gasteiger partial charge in [0.25, 0.3) is 0 Å². The zero-order chi connectivity index (χ0) is 14.8. The average molecular weight is 276 g/mol. The van der Waals surface area contributed by atoms with Crippen LogP contribution in [0.2, 0.25) is 0 Å². The Labute approximate surface area is 118 Å². The van der Waals surface area contributed by atoms with Crippen LogP contribution in [0.15, 0.2) is 18.5 Å². The molecule has 0 amide bonds. The van der Waals surface area contributed by atoms with E-state index in [1.165, 1.54) is 6.08 Å². The number of carboxylic acid groups (broad SMARTS) is 1. The zero-order valence-corrected chi connectivity index (χ0v) is 12.1. The maximum atomic E-state index is 10.4. The van der Waals surface area contributed by atoms with Crippen molar-refractivity contribution in [2.24, 2.45) is 0 Å². The summed E-state index contributed by atoms with van der Waals surface area (Å²) < 4.78 is 0. The summed E-state index contributed by atoms with van der Waals surface area (Å²) in [6.45, 7) is 7.13. The number of likely N-dealkylation sites (N-methyl/N-ethyl adjacent to an activating group) is 1. The highest BCUT2D eigenvalue weighted by Gasteiger charge is 2.31. The molecular weight excluding hydrogens is 256 g/mol. The van der Waals surface area contributed by atoms with E-state index in [4.69, 9.17) is 5.11 Å². The lowest BCUT2D eigenvalue weighted by Gasteiger charge is -2.45. The van der Waals surface area contributed by atoms with Crippen molar-refractivity contribution in [3.63, 3.8) is 0 Å². The maximum Gasteiger partial charge on any atom is 0.328 e. The molecule has 0 spiro atoms. The van der Waals surface area contributed by atoms with Crippen LogP contribution in [0.3, 0.4) is 0 Å². The monoisotopic (exact) mass is 276 g/mol. The van der Waals surface area contributed by atoms with Gasteiger partial charge < -0.3 is 10.0 Å². The molecule has 0 unspecified atom stereocenters. The molecule has 108 valence electrons. The molecule has 1 aliphatic rings. The van der Waals surface area contributed by atoms with Crippen LogP contribution in [-0.2, 0) is 4.79 Å². The summed E-state index contributed by atoms with van der Waals surface area (Å²) in [6.07, 6.45) is 5.86. The summed E-state index contributed by atoms with van der Waals surface area (Å²) >= 11 is 0. The predicted molar refractivity (Wildman–Crippen MR) is 77.6 cm³/mol. The molecule has 2 heterocycles. The first kappa shape index (κ1) is 14.5. The van der Waals surface area contributed by atoms with Crippen LogP contribution in [0.1, 0.15) is 19.4 Å². The van der Waals surface area contributed by atoms with Gasteiger partial charge in [-0.1, -0.05) is 0 Å². The van der Waals surface area contributed by atoms with Crippen molar-refractivity contribution in [3.8, 4) is 0 Å². The van der Waals surface area contributed by atoms with E-state index < -0.39 is 5.97 Å². The Balaban J connectivity index is 2.09. The number of rotatable bonds is 3. The fraction of sp³-hybridized carbons (Fsp3) is 0.500. The summed E-state index contributed by atoms with van der Waals surface area (Å²) in [4.78, 5) is 23.6. The molecular formula is C14H20N4O2. The molecule has 2 rings (SSSR count). The molecule has 0 aromatic carbocycles. The molecule has 6 nitrogen and oxygen atoms in total. The van der Waals surface area contributed by atoms with E-state index in [2.05, 4.69) is 40.7 Å². The first-order valence-corrected chi connectivity index (χ1v) is 6.58. The molecule has 1 aromatic rings. The van der Waals surface area contributed by atoms with Gasteiger partial charge in [0.15, 0.2) is 0 Å². The molecule has 0 radical (unpaired) electrons. The van der Waals surface area contributed by atoms with Crippen molar-refractivity contribution in [3.05, 3.63) is 24.0 Å². The summed E-state index contributed by atoms with van der Waals surface area (Å²) in [5.74, 6) is -0.284. The second-order valence-corrected chi connectivity index (χ2v) is 5.64. The molecule has 1 aromatic heterocycles. The third kappa shape index (κ3) is 3.33. The fourth-order valence-electron chi connectivity index (χ4n) is 2.16. The molecule has 20 heavy (non-hydrogen) atoms. The Morgan fingerprint density at radius 3 is 2.55 bits per heavy atom. The van der Waals surface area contributed by atoms with E-state index in [1.54, 1.807) is 12.4 Å². The summed E-state index contributed by atoms with van der Waals surface area (Å²) in [5.41, 5.74) is 0.772. The molecule has 1 saturated heterocycles. The molecule has 0 aliphatic carbocycles. The first-order valence-electron chi connectivity index (χ1n) is 6.58. The second-order valence-electron chi connectivity index (χ2n) is 5.64. The zero-order valence-electron chi connectivity index (χ0n) is 12.1. The molecule has 6 heteroatoms. The Bertz CT molecular complexity index is 510. The van der Waals surface area contributed by atoms with Crippen molar-refractivity contribution >= 4 is 18.0 Å². The molecule has 0 atom stereocenters. The minimum atomic E-state index is -0.977. The number of hydrogen-bond acceptors (Lipinski definition) is 5. The van der Waals surface area contributed by atoms with E-state index in [0.717, 1.165) is 25.7 Å². The van der Waals surface area contributed by atoms with Gasteiger partial charge in [-0.25, -0.2) is 14.8 Å². The van der Waals surface area contributed by atoms with Crippen LogP contribution in [0.4, 0.5) is 5.95 Å². The largest absolute Gasteiger partial charge is 0.478 e. The topological polar surface area (TPSA) is 69.6 Å². The number of carbonyl (C=O) groups is 1. The SMILES string of the molecule is CN1CCN(c2ncc(/C=C/C(=O)O)cn2)CC1(C)C. The van der Waals surface area contributed by atoms with Crippen LogP contribution in [0, 0.1) is 0 Å². The highest BCUT2D eigenvalue weighted by atomic mass is 16.4. The number of anilines is 1. The van der Waals surface area contributed by atoms with Gasteiger partial charge in [0.2, 0.25) is 5.95 Å². The normalized spacial score (nSPS) is 19.4. The third-order valence-corrected chi connectivity index (χ3v) is 3.68. The van der Waals surface area contributed by atoms with Gasteiger partial charge in [-0.3, -0.25) is 4.90 Å². The van der Waals surface area contributed by atoms with Gasteiger partial charge in [-0.2, -0.15) is 0 Å². The lowest BCUT2D eigenvalue weighted by Crippen LogP contribution is -2.58. The number of aliphatic carboxylic acids is 1. The summed E-state index contributed by atoms with van der Waals surface area (Å²) in [5, 5.41) is 8.58. The Kier molecular flexibility index (Phi) is 4.04. The Hall–Kier alpha value is -1.95. The van der Waals surface area contributed by atoms with Crippen molar-refractivity contribution in [2.75, 3.05) is 31.6 Å². The third-order valence-electron chi connectivity index (χ3n) is 3.68. The molecule has 1 fully saturated rings. The highest BCUT2D eigenvalue weighted by Crippen LogP contribution is 2.21. The molecule has 0 bridgehead atoms. The highest BCUT2D eigenvalue weighted by molar-refractivity contribution is 5.85. The van der Waals surface area contributed by atoms with Crippen molar-refractivity contribution < 1.29 is 9.90 Å². The fourth-order valence-corrected chi connectivity index (χ4v) is 2.16. The lowest BCUT2D eigenvalue weighted by atomic mass is 10.0. The van der Waals surface area contributed by atoms with Gasteiger partial charge in [-0.05, 0) is 27.0 Å². The number of aromatic nitrogens is 2. The Morgan fingerprint density at radius 1 is 1.35 bits per heavy atom. The van der Waals surface area contributed by atoms with Gasteiger partial charge in [0, 0.05) is 49.2 Å². The lowest BCUT2D eigenvalue weighted by molar-refractivity contribution is -0.131. The van der Waals surface area contributed by atoms with Gasteiger partial charge in [-0.15, -0.1) is 0 Å². The average Bonchev–Trinajstić information content (AvgIpc) is 2.40. The summed E-state index contributed by atoms with van der Waals surface area (Å²) in [6, 6.07) is 0. The Morgan fingerprint density at radius 2 is 2.00 bits per heavy atom. The first-order chi connectivity index (χ1) is 9.38. The minimum absolute atomic E-state index is 0.0868. The van der Waals surface area contributed by atoms with Crippen LogP contribution >= 0.6 is 0 Å². The number of piperazine rings is 1. The number of nitrogens with zero attached hydrogens (tertiary/aromatic N) is 4. The van der Waals surface area contributed by atoms with E-state index >= 15 is 0 Å². The van der Waals surface area contributed by atoms with E-state index in [9.17, 15) is 4.79 Å². The van der Waals surface area contributed by atoms with E-state index in [0.29, 0.717) is 11.5 Å². The van der Waals surface area contributed by atoms with Crippen LogP contribution < -0.4 is 4.90 Å². The van der Waals surface area contributed by atoms with Crippen LogP contribution in [0.5, 0.6) is 0 Å². The minimum Gasteiger partial charge on any atom is -0.478 e. The smallest absolute Gasteiger partial charge is 0.328 e. The quantitative estimate of drug-likeness (QED) is 0.834. The van der Waals surface area contributed by atoms with Gasteiger partial charge >= 0.3 is 5.97 Å². The number of carboxylic acids is 1. The van der Waals surface area contributed by atoms with Crippen molar-refractivity contribution in [1.29, 1.82) is 0 Å². The van der Waals surface area contributed by atoms with Crippen LogP contribution in [-0.4, -0.2) is 58.2 Å². The second kappa shape index (κ2) is 5.58. The standard InChI is InChI=1S/C14H20N4O2/c1-14(2)10-18(7-6-17(14)3)13-15-8-11(9-16-13)4-5-12(19)20/h4-5,8-9H,6-7,10H2,1-3H3,(H,19,20)/b5-4+. The maximum absolute atomic E-state index is 10.4. The summed E-state index contributed by atoms with van der Waals surface area (Å²) in [7, 11) is 2.12. The predicted octanol–water partition coefficient (Wildman–Crippen LogP) is 1.10. The van der Waals surface area contributed by atoms with E-state index in [1.807, 2.05) is 0 Å². The van der Waals surface area contributed by atoms with E-state index in [-0.39, 0.29) is 5.54 Å². The van der Waals surface area contributed by atoms with Crippen molar-refractivity contribution in [2.45, 2.75) is 19.4 Å². The molecule has 1 aliphatic heterocycles. The number of hydrogen-bond donors (Lipinski definition) is 1. The molecule has 1 N–H and O–H groups in total. The van der Waals surface area contributed by atoms with Gasteiger partial charge in [0.05, 0.1) is 0 Å².